The second kappa shape index (κ2) is 4.96. The number of hydrogen-bond donors (Lipinski definition) is 1. The zero-order valence-corrected chi connectivity index (χ0v) is 10.7. The highest BCUT2D eigenvalue weighted by Gasteiger charge is 2.27. The summed E-state index contributed by atoms with van der Waals surface area (Å²) in [6.45, 7) is 2.56. The Morgan fingerprint density at radius 3 is 2.94 bits per heavy atom. The van der Waals surface area contributed by atoms with Crippen molar-refractivity contribution < 1.29 is 13.2 Å². The maximum atomic E-state index is 11.3. The molecule has 1 saturated heterocycles. The van der Waals surface area contributed by atoms with Gasteiger partial charge in [-0.3, -0.25) is 0 Å². The second-order valence-electron chi connectivity index (χ2n) is 4.21. The lowest BCUT2D eigenvalue weighted by Crippen LogP contribution is -2.20. The van der Waals surface area contributed by atoms with Crippen LogP contribution in [0.25, 0.3) is 0 Å². The molecular weight excluding hydrogens is 238 g/mol. The number of nitrogens with one attached hydrogen (secondary N) is 1. The van der Waals surface area contributed by atoms with E-state index in [-0.39, 0.29) is 17.5 Å². The van der Waals surface area contributed by atoms with Gasteiger partial charge in [0.2, 0.25) is 0 Å². The molecular formula is C12H17NO3S. The van der Waals surface area contributed by atoms with E-state index < -0.39 is 9.84 Å². The van der Waals surface area contributed by atoms with Crippen molar-refractivity contribution in [2.24, 2.45) is 0 Å². The highest BCUT2D eigenvalue weighted by molar-refractivity contribution is 7.91. The Morgan fingerprint density at radius 1 is 1.47 bits per heavy atom. The Bertz CT molecular complexity index is 484. The van der Waals surface area contributed by atoms with Crippen molar-refractivity contribution in [3.63, 3.8) is 0 Å². The molecule has 0 saturated carbocycles. The van der Waals surface area contributed by atoms with Crippen LogP contribution in [-0.2, 0) is 9.84 Å². The van der Waals surface area contributed by atoms with Gasteiger partial charge in [-0.2, -0.15) is 0 Å². The van der Waals surface area contributed by atoms with E-state index in [9.17, 15) is 8.42 Å². The normalized spacial score (nSPS) is 22.3. The van der Waals surface area contributed by atoms with Crippen LogP contribution in [0.4, 0.5) is 5.69 Å². The lowest BCUT2D eigenvalue weighted by Gasteiger charge is -2.13. The van der Waals surface area contributed by atoms with E-state index in [1.165, 1.54) is 0 Å². The van der Waals surface area contributed by atoms with Gasteiger partial charge in [-0.15, -0.1) is 0 Å². The van der Waals surface area contributed by atoms with Gasteiger partial charge in [-0.1, -0.05) is 6.07 Å². The minimum atomic E-state index is -2.83. The molecule has 17 heavy (non-hydrogen) atoms. The van der Waals surface area contributed by atoms with Gasteiger partial charge in [0, 0.05) is 17.8 Å². The molecule has 1 atom stereocenters. The monoisotopic (exact) mass is 255 g/mol. The van der Waals surface area contributed by atoms with Crippen LogP contribution < -0.4 is 10.1 Å². The van der Waals surface area contributed by atoms with Gasteiger partial charge < -0.3 is 10.1 Å². The molecule has 1 aliphatic rings. The third-order valence-corrected chi connectivity index (χ3v) is 4.52. The SMILES string of the molecule is CCOc1cccc(NC2CCS(=O)(=O)C2)c1. The zero-order valence-electron chi connectivity index (χ0n) is 9.85. The maximum Gasteiger partial charge on any atom is 0.152 e. The molecule has 0 spiro atoms. The van der Waals surface area contributed by atoms with Gasteiger partial charge in [0.1, 0.15) is 5.75 Å². The van der Waals surface area contributed by atoms with Gasteiger partial charge in [0.05, 0.1) is 18.1 Å². The minimum Gasteiger partial charge on any atom is -0.494 e. The number of hydrogen-bond acceptors (Lipinski definition) is 4. The van der Waals surface area contributed by atoms with Crippen LogP contribution in [0, 0.1) is 0 Å². The smallest absolute Gasteiger partial charge is 0.152 e. The highest BCUT2D eigenvalue weighted by atomic mass is 32.2. The Balaban J connectivity index is 2.01. The first kappa shape index (κ1) is 12.2. The van der Waals surface area contributed by atoms with Crippen LogP contribution in [0.3, 0.4) is 0 Å². The van der Waals surface area contributed by atoms with Crippen LogP contribution in [-0.4, -0.2) is 32.6 Å². The van der Waals surface area contributed by atoms with Crippen molar-refractivity contribution in [2.45, 2.75) is 19.4 Å². The number of benzene rings is 1. The maximum absolute atomic E-state index is 11.3. The first-order chi connectivity index (χ1) is 8.09. The van der Waals surface area contributed by atoms with E-state index >= 15 is 0 Å². The van der Waals surface area contributed by atoms with E-state index in [1.807, 2.05) is 31.2 Å². The minimum absolute atomic E-state index is 0.0249. The van der Waals surface area contributed by atoms with Crippen molar-refractivity contribution in [1.82, 2.24) is 0 Å². The Kier molecular flexibility index (Phi) is 3.57. The summed E-state index contributed by atoms with van der Waals surface area (Å²) in [4.78, 5) is 0. The highest BCUT2D eigenvalue weighted by Crippen LogP contribution is 2.21. The summed E-state index contributed by atoms with van der Waals surface area (Å²) in [5, 5.41) is 3.24. The predicted molar refractivity (Wildman–Crippen MR) is 68.3 cm³/mol. The molecule has 1 N–H and O–H groups in total. The summed E-state index contributed by atoms with van der Waals surface area (Å²) in [6.07, 6.45) is 0.682. The Labute approximate surface area is 102 Å². The summed E-state index contributed by atoms with van der Waals surface area (Å²) in [7, 11) is -2.83. The van der Waals surface area contributed by atoms with E-state index in [0.717, 1.165) is 11.4 Å². The molecule has 1 aromatic carbocycles. The van der Waals surface area contributed by atoms with Gasteiger partial charge in [0.15, 0.2) is 9.84 Å². The molecule has 0 radical (unpaired) electrons. The van der Waals surface area contributed by atoms with E-state index in [1.54, 1.807) is 0 Å². The number of ether oxygens (including phenoxy) is 1. The summed E-state index contributed by atoms with van der Waals surface area (Å²) in [5.74, 6) is 1.32. The average Bonchev–Trinajstić information content (AvgIpc) is 2.59. The fraction of sp³-hybridized carbons (Fsp3) is 0.500. The van der Waals surface area contributed by atoms with Gasteiger partial charge >= 0.3 is 0 Å². The zero-order chi connectivity index (χ0) is 12.3. The molecule has 1 heterocycles. The molecule has 0 aromatic heterocycles. The fourth-order valence-corrected chi connectivity index (χ4v) is 3.66. The summed E-state index contributed by atoms with van der Waals surface area (Å²) >= 11 is 0. The topological polar surface area (TPSA) is 55.4 Å². The largest absolute Gasteiger partial charge is 0.494 e. The molecule has 1 fully saturated rings. The number of sulfone groups is 1. The van der Waals surface area contributed by atoms with Crippen LogP contribution >= 0.6 is 0 Å². The van der Waals surface area contributed by atoms with Crippen LogP contribution in [0.2, 0.25) is 0 Å². The summed E-state index contributed by atoms with van der Waals surface area (Å²) in [5.41, 5.74) is 0.915. The summed E-state index contributed by atoms with van der Waals surface area (Å²) in [6, 6.07) is 7.63. The van der Waals surface area contributed by atoms with Crippen molar-refractivity contribution in [3.8, 4) is 5.75 Å². The molecule has 94 valence electrons. The molecule has 5 heteroatoms. The van der Waals surface area contributed by atoms with Crippen LogP contribution in [0.1, 0.15) is 13.3 Å². The van der Waals surface area contributed by atoms with Gasteiger partial charge in [-0.25, -0.2) is 8.42 Å². The lowest BCUT2D eigenvalue weighted by molar-refractivity contribution is 0.340. The fourth-order valence-electron chi connectivity index (χ4n) is 1.99. The molecule has 4 nitrogen and oxygen atoms in total. The summed E-state index contributed by atoms with van der Waals surface area (Å²) < 4.78 is 28.1. The predicted octanol–water partition coefficient (Wildman–Crippen LogP) is 1.68. The molecule has 1 aliphatic heterocycles. The Hall–Kier alpha value is -1.23. The van der Waals surface area contributed by atoms with Crippen molar-refractivity contribution in [3.05, 3.63) is 24.3 Å². The molecule has 0 amide bonds. The standard InChI is InChI=1S/C12H17NO3S/c1-2-16-12-5-3-4-10(8-12)13-11-6-7-17(14,15)9-11/h3-5,8,11,13H,2,6-7,9H2,1H3. The third-order valence-electron chi connectivity index (χ3n) is 2.75. The van der Waals surface area contributed by atoms with Crippen LogP contribution in [0.5, 0.6) is 5.75 Å². The average molecular weight is 255 g/mol. The molecule has 1 unspecified atom stereocenters. The van der Waals surface area contributed by atoms with E-state index in [0.29, 0.717) is 13.0 Å². The first-order valence-electron chi connectivity index (χ1n) is 5.79. The molecule has 0 aliphatic carbocycles. The van der Waals surface area contributed by atoms with Crippen molar-refractivity contribution >= 4 is 15.5 Å². The molecule has 2 rings (SSSR count). The van der Waals surface area contributed by atoms with E-state index in [2.05, 4.69) is 5.32 Å². The molecule has 0 bridgehead atoms. The third kappa shape index (κ3) is 3.36. The van der Waals surface area contributed by atoms with Crippen LogP contribution in [0.15, 0.2) is 24.3 Å². The first-order valence-corrected chi connectivity index (χ1v) is 7.61. The number of anilines is 1. The van der Waals surface area contributed by atoms with Crippen molar-refractivity contribution in [2.75, 3.05) is 23.4 Å². The Morgan fingerprint density at radius 2 is 2.29 bits per heavy atom. The molecule has 1 aromatic rings. The number of rotatable bonds is 4. The van der Waals surface area contributed by atoms with Gasteiger partial charge in [-0.05, 0) is 25.5 Å². The van der Waals surface area contributed by atoms with Gasteiger partial charge in [0.25, 0.3) is 0 Å². The quantitative estimate of drug-likeness (QED) is 0.889. The lowest BCUT2D eigenvalue weighted by atomic mass is 10.2. The second-order valence-corrected chi connectivity index (χ2v) is 6.43. The van der Waals surface area contributed by atoms with E-state index in [4.69, 9.17) is 4.74 Å². The van der Waals surface area contributed by atoms with Crippen molar-refractivity contribution in [1.29, 1.82) is 0 Å².